The third-order valence-electron chi connectivity index (χ3n) is 12.1. The maximum absolute atomic E-state index is 12.9. The van der Waals surface area contributed by atoms with Gasteiger partial charge in [0.1, 0.15) is 12.2 Å². The van der Waals surface area contributed by atoms with E-state index in [2.05, 4.69) is 40.7 Å². The summed E-state index contributed by atoms with van der Waals surface area (Å²) < 4.78 is 23.5. The Balaban J connectivity index is 1.34. The first-order chi connectivity index (χ1) is 19.2. The van der Waals surface area contributed by atoms with Gasteiger partial charge in [0.05, 0.1) is 6.61 Å². The number of esters is 2. The molecule has 41 heavy (non-hydrogen) atoms. The highest BCUT2D eigenvalue weighted by molar-refractivity contribution is 5.75. The van der Waals surface area contributed by atoms with Gasteiger partial charge in [0, 0.05) is 19.3 Å². The predicted octanol–water partition coefficient (Wildman–Crippen LogP) is 7.63. The molecule has 0 N–H and O–H groups in total. The molecule has 3 saturated carbocycles. The molecule has 1 heterocycles. The molecule has 6 heteroatoms. The van der Waals surface area contributed by atoms with E-state index in [1.54, 1.807) is 6.92 Å². The predicted molar refractivity (Wildman–Crippen MR) is 159 cm³/mol. The maximum Gasteiger partial charge on any atom is 0.338 e. The fourth-order valence-electron chi connectivity index (χ4n) is 10.1. The molecule has 0 aromatic rings. The molecule has 0 aromatic heterocycles. The normalized spacial score (nSPS) is 42.1. The van der Waals surface area contributed by atoms with Crippen LogP contribution in [0.5, 0.6) is 0 Å². The number of fused-ring (bicyclic) bond motifs is 5. The molecule has 4 aliphatic carbocycles. The number of carbonyl (C=O) groups is 2. The van der Waals surface area contributed by atoms with Crippen molar-refractivity contribution >= 4 is 11.9 Å². The van der Waals surface area contributed by atoms with Crippen LogP contribution in [0.3, 0.4) is 0 Å². The summed E-state index contributed by atoms with van der Waals surface area (Å²) in [5.41, 5.74) is 1.68. The molecule has 0 bridgehead atoms. The molecule has 232 valence electrons. The van der Waals surface area contributed by atoms with Crippen LogP contribution in [0.25, 0.3) is 0 Å². The minimum Gasteiger partial charge on any atom is -0.460 e. The van der Waals surface area contributed by atoms with Crippen molar-refractivity contribution in [1.82, 2.24) is 0 Å². The molecule has 0 aromatic carbocycles. The molecule has 0 radical (unpaired) electrons. The largest absolute Gasteiger partial charge is 0.460 e. The highest BCUT2D eigenvalue weighted by atomic mass is 16.8. The fourth-order valence-corrected chi connectivity index (χ4v) is 10.1. The zero-order chi connectivity index (χ0) is 29.7. The summed E-state index contributed by atoms with van der Waals surface area (Å²) in [7, 11) is 0. The Morgan fingerprint density at radius 2 is 1.73 bits per heavy atom. The molecule has 6 unspecified atom stereocenters. The van der Waals surface area contributed by atoms with E-state index < -0.39 is 11.9 Å². The summed E-state index contributed by atoms with van der Waals surface area (Å²) in [4.78, 5) is 25.3. The average Bonchev–Trinajstić information content (AvgIpc) is 3.43. The first kappa shape index (κ1) is 31.0. The van der Waals surface area contributed by atoms with Gasteiger partial charge >= 0.3 is 11.9 Å². The Labute approximate surface area is 248 Å². The summed E-state index contributed by atoms with van der Waals surface area (Å²) in [5, 5.41) is 0. The van der Waals surface area contributed by atoms with Crippen LogP contribution in [0.15, 0.2) is 11.6 Å². The molecule has 5 rings (SSSR count). The van der Waals surface area contributed by atoms with E-state index >= 15 is 0 Å². The van der Waals surface area contributed by atoms with Gasteiger partial charge < -0.3 is 18.9 Å². The summed E-state index contributed by atoms with van der Waals surface area (Å²) in [5.74, 6) is 2.41. The fraction of sp³-hybridized carbons (Fsp3) is 0.886. The van der Waals surface area contributed by atoms with E-state index in [9.17, 15) is 9.59 Å². The van der Waals surface area contributed by atoms with E-state index in [0.717, 1.165) is 30.6 Å². The number of hydrogen-bond acceptors (Lipinski definition) is 6. The van der Waals surface area contributed by atoms with Gasteiger partial charge in [-0.2, -0.15) is 0 Å². The summed E-state index contributed by atoms with van der Waals surface area (Å²) in [6.07, 6.45) is 12.8. The minimum absolute atomic E-state index is 0.0570. The van der Waals surface area contributed by atoms with Crippen molar-refractivity contribution in [3.63, 3.8) is 0 Å². The van der Waals surface area contributed by atoms with Gasteiger partial charge in [-0.05, 0) is 98.9 Å². The van der Waals surface area contributed by atoms with Crippen molar-refractivity contribution in [1.29, 1.82) is 0 Å². The van der Waals surface area contributed by atoms with Crippen LogP contribution in [-0.4, -0.2) is 42.6 Å². The SMILES string of the molecule is CC(=O)O[C@H]1C=C2CC(OC(=O)C3COC(C)(C)O3)CC[C@]2(C)C2CC[C@@]3(C)C(CCC3[C@H](C)CCCC(C)C)C21. The van der Waals surface area contributed by atoms with Crippen molar-refractivity contribution in [3.05, 3.63) is 11.6 Å². The first-order valence-corrected chi connectivity index (χ1v) is 16.6. The van der Waals surface area contributed by atoms with Gasteiger partial charge in [0.2, 0.25) is 0 Å². The van der Waals surface area contributed by atoms with Crippen LogP contribution in [0, 0.1) is 46.3 Å². The van der Waals surface area contributed by atoms with Crippen LogP contribution >= 0.6 is 0 Å². The lowest BCUT2D eigenvalue weighted by molar-refractivity contribution is -0.176. The van der Waals surface area contributed by atoms with E-state index in [-0.39, 0.29) is 36.2 Å². The second-order valence-electron chi connectivity index (χ2n) is 15.6. The van der Waals surface area contributed by atoms with Gasteiger partial charge in [-0.1, -0.05) is 59.5 Å². The molecule has 10 atom stereocenters. The monoisotopic (exact) mass is 572 g/mol. The van der Waals surface area contributed by atoms with Crippen molar-refractivity contribution in [2.75, 3.05) is 6.61 Å². The van der Waals surface area contributed by atoms with E-state index in [0.29, 0.717) is 29.6 Å². The minimum atomic E-state index is -0.756. The molecular weight excluding hydrogens is 516 g/mol. The number of carbonyl (C=O) groups excluding carboxylic acids is 2. The summed E-state index contributed by atoms with van der Waals surface area (Å²) in [6.45, 7) is 17.6. The Morgan fingerprint density at radius 3 is 2.39 bits per heavy atom. The van der Waals surface area contributed by atoms with Gasteiger partial charge in [0.25, 0.3) is 0 Å². The smallest absolute Gasteiger partial charge is 0.338 e. The molecule has 5 aliphatic rings. The highest BCUT2D eigenvalue weighted by Crippen LogP contribution is 2.67. The van der Waals surface area contributed by atoms with Crippen LogP contribution < -0.4 is 0 Å². The van der Waals surface area contributed by atoms with Crippen molar-refractivity contribution in [3.8, 4) is 0 Å². The van der Waals surface area contributed by atoms with Crippen molar-refractivity contribution in [2.45, 2.75) is 144 Å². The van der Waals surface area contributed by atoms with E-state index in [1.165, 1.54) is 50.5 Å². The lowest BCUT2D eigenvalue weighted by atomic mass is 9.46. The molecule has 4 fully saturated rings. The van der Waals surface area contributed by atoms with Crippen LogP contribution in [0.2, 0.25) is 0 Å². The molecule has 1 aliphatic heterocycles. The summed E-state index contributed by atoms with van der Waals surface area (Å²) >= 11 is 0. The van der Waals surface area contributed by atoms with Gasteiger partial charge in [-0.3, -0.25) is 4.79 Å². The van der Waals surface area contributed by atoms with Gasteiger partial charge in [-0.15, -0.1) is 0 Å². The Bertz CT molecular complexity index is 1020. The molecule has 0 amide bonds. The quantitative estimate of drug-likeness (QED) is 0.220. The van der Waals surface area contributed by atoms with Crippen LogP contribution in [-0.2, 0) is 28.5 Å². The third kappa shape index (κ3) is 6.03. The third-order valence-corrected chi connectivity index (χ3v) is 12.1. The number of hydrogen-bond donors (Lipinski definition) is 0. The number of rotatable bonds is 8. The second kappa shape index (κ2) is 11.6. The maximum atomic E-state index is 12.9. The zero-order valence-corrected chi connectivity index (χ0v) is 27.0. The number of ether oxygens (including phenoxy) is 4. The van der Waals surface area contributed by atoms with Crippen molar-refractivity contribution in [2.24, 2.45) is 46.3 Å². The Morgan fingerprint density at radius 1 is 0.976 bits per heavy atom. The average molecular weight is 573 g/mol. The van der Waals surface area contributed by atoms with E-state index in [4.69, 9.17) is 18.9 Å². The zero-order valence-electron chi connectivity index (χ0n) is 27.0. The Hall–Kier alpha value is -1.40. The standard InChI is InChI=1S/C35H56O6/c1-21(2)10-9-11-22(3)26-12-13-27-31-28(15-17-35(26,27)8)34(7)16-14-25(18-24(34)19-29(31)39-23(4)36)40-32(37)30-20-38-33(5,6)41-30/h19,21-22,25-31H,9-18,20H2,1-8H3/t22-,25?,26?,27?,28?,29+,30?,31?,34+,35-/m1/s1. The van der Waals surface area contributed by atoms with Crippen LogP contribution in [0.1, 0.15) is 120 Å². The lowest BCUT2D eigenvalue weighted by Crippen LogP contribution is -2.55. The lowest BCUT2D eigenvalue weighted by Gasteiger charge is -2.59. The van der Waals surface area contributed by atoms with Gasteiger partial charge in [0.15, 0.2) is 11.9 Å². The summed E-state index contributed by atoms with van der Waals surface area (Å²) in [6, 6.07) is 0. The molecule has 1 saturated heterocycles. The van der Waals surface area contributed by atoms with E-state index in [1.807, 2.05) is 13.8 Å². The molecule has 6 nitrogen and oxygen atoms in total. The molecular formula is C35H56O6. The highest BCUT2D eigenvalue weighted by Gasteiger charge is 2.62. The Kier molecular flexibility index (Phi) is 8.78. The van der Waals surface area contributed by atoms with Crippen LogP contribution in [0.4, 0.5) is 0 Å². The van der Waals surface area contributed by atoms with Crippen molar-refractivity contribution < 1.29 is 28.5 Å². The van der Waals surface area contributed by atoms with Gasteiger partial charge in [-0.25, -0.2) is 4.79 Å². The molecule has 0 spiro atoms. The first-order valence-electron chi connectivity index (χ1n) is 16.6. The second-order valence-corrected chi connectivity index (χ2v) is 15.6. The topological polar surface area (TPSA) is 71.1 Å².